The van der Waals surface area contributed by atoms with Crippen molar-refractivity contribution in [1.29, 1.82) is 0 Å². The highest BCUT2D eigenvalue weighted by molar-refractivity contribution is 7.93. The minimum absolute atomic E-state index is 0.483. The van der Waals surface area contributed by atoms with Crippen LogP contribution in [0.4, 0.5) is 0 Å². The summed E-state index contributed by atoms with van der Waals surface area (Å²) in [7, 11) is -3.76. The van der Waals surface area contributed by atoms with Crippen molar-refractivity contribution in [3.63, 3.8) is 0 Å². The molecule has 0 aliphatic rings. The van der Waals surface area contributed by atoms with Gasteiger partial charge in [-0.05, 0) is 34.6 Å². The molecule has 0 rings (SSSR count). The zero-order valence-corrected chi connectivity index (χ0v) is 11.1. The Morgan fingerprint density at radius 1 is 1.25 bits per heavy atom. The smallest absolute Gasteiger partial charge is 0.321 e. The van der Waals surface area contributed by atoms with Crippen LogP contribution in [0, 0.1) is 0 Å². The molecular formula is C10H18O5S. The van der Waals surface area contributed by atoms with E-state index < -0.39 is 38.2 Å². The molecule has 1 unspecified atom stereocenters. The highest BCUT2D eigenvalue weighted by atomic mass is 32.2. The second-order valence-electron chi connectivity index (χ2n) is 4.65. The summed E-state index contributed by atoms with van der Waals surface area (Å²) >= 11 is 0. The summed E-state index contributed by atoms with van der Waals surface area (Å²) in [6.07, 6.45) is 0. The number of rotatable bonds is 4. The van der Waals surface area contributed by atoms with Gasteiger partial charge in [0.2, 0.25) is 0 Å². The first kappa shape index (κ1) is 15.1. The number of sulfone groups is 1. The van der Waals surface area contributed by atoms with E-state index in [1.54, 1.807) is 20.8 Å². The van der Waals surface area contributed by atoms with Crippen LogP contribution in [0.25, 0.3) is 0 Å². The molecule has 0 heterocycles. The lowest BCUT2D eigenvalue weighted by Gasteiger charge is -2.19. The molecule has 0 amide bonds. The van der Waals surface area contributed by atoms with Gasteiger partial charge in [0, 0.05) is 0 Å². The molecule has 6 heteroatoms. The fraction of sp³-hybridized carbons (Fsp3) is 0.800. The molecule has 0 saturated heterocycles. The number of ketones is 1. The molecule has 0 aromatic rings. The number of ether oxygens (including phenoxy) is 1. The van der Waals surface area contributed by atoms with Crippen molar-refractivity contribution in [2.75, 3.05) is 5.75 Å². The van der Waals surface area contributed by atoms with E-state index in [2.05, 4.69) is 0 Å². The van der Waals surface area contributed by atoms with Crippen LogP contribution in [0.3, 0.4) is 0 Å². The molecule has 0 saturated carbocycles. The number of carbonyl (C=O) groups is 2. The summed E-state index contributed by atoms with van der Waals surface area (Å²) in [6, 6.07) is 0. The van der Waals surface area contributed by atoms with E-state index in [0.29, 0.717) is 0 Å². The van der Waals surface area contributed by atoms with Gasteiger partial charge in [0.1, 0.15) is 22.4 Å². The van der Waals surface area contributed by atoms with E-state index >= 15 is 0 Å². The average Bonchev–Trinajstić information content (AvgIpc) is 1.97. The Balaban J connectivity index is 4.62. The van der Waals surface area contributed by atoms with Crippen molar-refractivity contribution in [1.82, 2.24) is 0 Å². The second-order valence-corrected chi connectivity index (χ2v) is 6.97. The van der Waals surface area contributed by atoms with E-state index in [1.165, 1.54) is 13.8 Å². The molecule has 16 heavy (non-hydrogen) atoms. The van der Waals surface area contributed by atoms with Crippen molar-refractivity contribution in [2.45, 2.75) is 45.5 Å². The van der Waals surface area contributed by atoms with Crippen molar-refractivity contribution >= 4 is 21.6 Å². The van der Waals surface area contributed by atoms with Crippen LogP contribution < -0.4 is 0 Å². The van der Waals surface area contributed by atoms with Crippen molar-refractivity contribution in [2.24, 2.45) is 0 Å². The molecule has 0 fully saturated rings. The van der Waals surface area contributed by atoms with Crippen LogP contribution in [0.2, 0.25) is 0 Å². The summed E-state index contributed by atoms with van der Waals surface area (Å²) in [4.78, 5) is 22.2. The predicted octanol–water partition coefficient (Wildman–Crippen LogP) is 0.720. The maximum Gasteiger partial charge on any atom is 0.321 e. The van der Waals surface area contributed by atoms with E-state index in [9.17, 15) is 18.0 Å². The van der Waals surface area contributed by atoms with Gasteiger partial charge in [-0.25, -0.2) is 8.42 Å². The third-order valence-electron chi connectivity index (χ3n) is 1.85. The molecular weight excluding hydrogens is 232 g/mol. The average molecular weight is 250 g/mol. The highest BCUT2D eigenvalue weighted by Gasteiger charge is 2.29. The Morgan fingerprint density at radius 3 is 2.00 bits per heavy atom. The zero-order chi connectivity index (χ0) is 13.1. The Labute approximate surface area is 96.1 Å². The van der Waals surface area contributed by atoms with E-state index in [4.69, 9.17) is 4.74 Å². The van der Waals surface area contributed by atoms with Gasteiger partial charge in [-0.1, -0.05) is 0 Å². The van der Waals surface area contributed by atoms with Gasteiger partial charge in [0.25, 0.3) is 0 Å². The van der Waals surface area contributed by atoms with Crippen LogP contribution in [-0.2, 0) is 24.2 Å². The van der Waals surface area contributed by atoms with Crippen LogP contribution in [0.1, 0.15) is 34.6 Å². The van der Waals surface area contributed by atoms with Gasteiger partial charge in [0.05, 0.1) is 0 Å². The summed E-state index contributed by atoms with van der Waals surface area (Å²) in [5.41, 5.74) is -0.730. The number of hydrogen-bond acceptors (Lipinski definition) is 5. The van der Waals surface area contributed by atoms with Crippen LogP contribution >= 0.6 is 0 Å². The number of esters is 1. The van der Waals surface area contributed by atoms with Gasteiger partial charge in [-0.3, -0.25) is 9.59 Å². The summed E-state index contributed by atoms with van der Waals surface area (Å²) < 4.78 is 28.0. The zero-order valence-electron chi connectivity index (χ0n) is 10.2. The quantitative estimate of drug-likeness (QED) is 0.687. The summed E-state index contributed by atoms with van der Waals surface area (Å²) in [5.74, 6) is -2.07. The van der Waals surface area contributed by atoms with Crippen molar-refractivity contribution in [3.8, 4) is 0 Å². The molecule has 0 aromatic carbocycles. The normalized spacial score (nSPS) is 14.3. The molecule has 0 aliphatic carbocycles. The van der Waals surface area contributed by atoms with Crippen LogP contribution in [0.5, 0.6) is 0 Å². The third kappa shape index (κ3) is 5.25. The van der Waals surface area contributed by atoms with E-state index in [-0.39, 0.29) is 0 Å². The fourth-order valence-electron chi connectivity index (χ4n) is 0.913. The van der Waals surface area contributed by atoms with Gasteiger partial charge < -0.3 is 4.74 Å². The fourth-order valence-corrected chi connectivity index (χ4v) is 2.06. The molecule has 0 radical (unpaired) electrons. The van der Waals surface area contributed by atoms with E-state index in [0.717, 1.165) is 0 Å². The van der Waals surface area contributed by atoms with Crippen molar-refractivity contribution in [3.05, 3.63) is 0 Å². The number of carbonyl (C=O) groups excluding carboxylic acids is 2. The maximum atomic E-state index is 11.5. The van der Waals surface area contributed by atoms with Gasteiger partial charge >= 0.3 is 5.97 Å². The first-order chi connectivity index (χ1) is 6.96. The molecule has 0 spiro atoms. The maximum absolute atomic E-state index is 11.5. The number of Topliss-reactive ketones (excluding diaryl/α,β-unsaturated/α-hetero) is 1. The van der Waals surface area contributed by atoms with Gasteiger partial charge in [0.15, 0.2) is 9.84 Å². The third-order valence-corrected chi connectivity index (χ3v) is 3.90. The molecule has 0 N–H and O–H groups in total. The monoisotopic (exact) mass is 250 g/mol. The van der Waals surface area contributed by atoms with Gasteiger partial charge in [-0.15, -0.1) is 0 Å². The Hall–Kier alpha value is -0.910. The van der Waals surface area contributed by atoms with Crippen LogP contribution in [0.15, 0.2) is 0 Å². The van der Waals surface area contributed by atoms with E-state index in [1.807, 2.05) is 0 Å². The Bertz CT molecular complexity index is 375. The largest absolute Gasteiger partial charge is 0.459 e. The summed E-state index contributed by atoms with van der Waals surface area (Å²) in [6.45, 7) is 7.38. The lowest BCUT2D eigenvalue weighted by Crippen LogP contribution is -2.34. The van der Waals surface area contributed by atoms with Crippen molar-refractivity contribution < 1.29 is 22.7 Å². The lowest BCUT2D eigenvalue weighted by atomic mass is 10.2. The van der Waals surface area contributed by atoms with Gasteiger partial charge in [-0.2, -0.15) is 0 Å². The molecule has 0 aliphatic heterocycles. The second kappa shape index (κ2) is 4.95. The Kier molecular flexibility index (Phi) is 4.67. The lowest BCUT2D eigenvalue weighted by molar-refractivity contribution is -0.151. The standard InChI is InChI=1S/C10H18O5S/c1-7(11)8(2)16(13,14)6-9(12)15-10(3,4)5/h8H,6H2,1-5H3. The molecule has 5 nitrogen and oxygen atoms in total. The molecule has 94 valence electrons. The topological polar surface area (TPSA) is 77.5 Å². The van der Waals surface area contributed by atoms with Crippen LogP contribution in [-0.4, -0.2) is 36.8 Å². The molecule has 0 aromatic heterocycles. The molecule has 1 atom stereocenters. The SMILES string of the molecule is CC(=O)C(C)S(=O)(=O)CC(=O)OC(C)(C)C. The Morgan fingerprint density at radius 2 is 1.69 bits per heavy atom. The highest BCUT2D eigenvalue weighted by Crippen LogP contribution is 2.10. The predicted molar refractivity (Wildman–Crippen MR) is 59.8 cm³/mol. The first-order valence-corrected chi connectivity index (χ1v) is 6.61. The number of hydrogen-bond donors (Lipinski definition) is 0. The molecule has 0 bridgehead atoms. The summed E-state index contributed by atoms with van der Waals surface area (Å²) in [5, 5.41) is -1.17. The first-order valence-electron chi connectivity index (χ1n) is 4.89. The minimum Gasteiger partial charge on any atom is -0.459 e. The minimum atomic E-state index is -3.76.